The van der Waals surface area contributed by atoms with Gasteiger partial charge in [0.25, 0.3) is 5.91 Å². The fraction of sp³-hybridized carbons (Fsp3) is 0.381. The molecule has 1 saturated heterocycles. The molecule has 1 amide bonds. The summed E-state index contributed by atoms with van der Waals surface area (Å²) in [6.45, 7) is 4.12. The highest BCUT2D eigenvalue weighted by Gasteiger charge is 2.25. The van der Waals surface area contributed by atoms with Crippen molar-refractivity contribution in [2.45, 2.75) is 26.4 Å². The van der Waals surface area contributed by atoms with Gasteiger partial charge in [0, 0.05) is 38.0 Å². The van der Waals surface area contributed by atoms with Crippen molar-refractivity contribution >= 4 is 11.6 Å². The Kier molecular flexibility index (Phi) is 4.90. The summed E-state index contributed by atoms with van der Waals surface area (Å²) in [5, 5.41) is 4.71. The first-order chi connectivity index (χ1) is 13.2. The van der Waals surface area contributed by atoms with E-state index in [2.05, 4.69) is 11.9 Å². The van der Waals surface area contributed by atoms with Gasteiger partial charge < -0.3 is 9.64 Å². The van der Waals surface area contributed by atoms with E-state index >= 15 is 0 Å². The number of piperidine rings is 1. The molecule has 1 aromatic carbocycles. The van der Waals surface area contributed by atoms with Gasteiger partial charge in [-0.15, -0.1) is 0 Å². The molecule has 0 unspecified atom stereocenters. The van der Waals surface area contributed by atoms with Crippen molar-refractivity contribution in [3.63, 3.8) is 0 Å². The number of aromatic nitrogens is 3. The number of carbonyl (C=O) groups is 1. The van der Waals surface area contributed by atoms with Crippen LogP contribution < -0.4 is 0 Å². The second-order valence-electron chi connectivity index (χ2n) is 7.19. The van der Waals surface area contributed by atoms with Gasteiger partial charge in [-0.1, -0.05) is 37.3 Å². The Hall–Kier alpha value is -2.73. The molecular weight excluding hydrogens is 340 g/mol. The zero-order valence-corrected chi connectivity index (χ0v) is 15.8. The van der Waals surface area contributed by atoms with Crippen molar-refractivity contribution in [2.24, 2.45) is 5.92 Å². The first kappa shape index (κ1) is 17.7. The first-order valence-electron chi connectivity index (χ1n) is 9.38. The molecule has 3 aromatic rings. The molecule has 27 heavy (non-hydrogen) atoms. The topological polar surface area (TPSA) is 59.7 Å². The summed E-state index contributed by atoms with van der Waals surface area (Å²) in [5.41, 5.74) is 3.88. The average Bonchev–Trinajstić information content (AvgIpc) is 3.14. The van der Waals surface area contributed by atoms with Crippen molar-refractivity contribution in [1.82, 2.24) is 19.5 Å². The molecule has 1 aliphatic heterocycles. The fourth-order valence-corrected chi connectivity index (χ4v) is 3.57. The van der Waals surface area contributed by atoms with Crippen molar-refractivity contribution in [2.75, 3.05) is 20.2 Å². The first-order valence-corrected chi connectivity index (χ1v) is 9.38. The molecule has 0 spiro atoms. The highest BCUT2D eigenvalue weighted by atomic mass is 16.5. The number of likely N-dealkylation sites (tertiary alicyclic amines) is 1. The third-order valence-electron chi connectivity index (χ3n) is 5.23. The molecule has 0 bridgehead atoms. The third kappa shape index (κ3) is 3.45. The number of rotatable bonds is 4. The van der Waals surface area contributed by atoms with Gasteiger partial charge in [0.1, 0.15) is 0 Å². The van der Waals surface area contributed by atoms with Gasteiger partial charge in [-0.3, -0.25) is 4.79 Å². The Morgan fingerprint density at radius 1 is 1.22 bits per heavy atom. The Morgan fingerprint density at radius 2 is 1.96 bits per heavy atom. The zero-order chi connectivity index (χ0) is 18.8. The van der Waals surface area contributed by atoms with Crippen LogP contribution in [0.3, 0.4) is 0 Å². The highest BCUT2D eigenvalue weighted by molar-refractivity contribution is 5.95. The van der Waals surface area contributed by atoms with Crippen LogP contribution in [-0.2, 0) is 11.3 Å². The Balaban J connectivity index is 1.74. The number of amides is 1. The summed E-state index contributed by atoms with van der Waals surface area (Å²) in [7, 11) is 1.63. The smallest absolute Gasteiger partial charge is 0.257 e. The summed E-state index contributed by atoms with van der Waals surface area (Å²) in [5.74, 6) is 0.688. The number of fused-ring (bicyclic) bond motifs is 1. The van der Waals surface area contributed by atoms with Gasteiger partial charge >= 0.3 is 0 Å². The van der Waals surface area contributed by atoms with Crippen LogP contribution >= 0.6 is 0 Å². The Labute approximate surface area is 158 Å². The number of benzene rings is 1. The molecule has 4 rings (SSSR count). The van der Waals surface area contributed by atoms with Crippen molar-refractivity contribution in [1.29, 1.82) is 0 Å². The number of methoxy groups -OCH3 is 1. The number of carbonyl (C=O) groups excluding carboxylic acids is 1. The van der Waals surface area contributed by atoms with Gasteiger partial charge in [-0.2, -0.15) is 5.10 Å². The summed E-state index contributed by atoms with van der Waals surface area (Å²) in [6.07, 6.45) is 3.75. The highest BCUT2D eigenvalue weighted by Crippen LogP contribution is 2.23. The lowest BCUT2D eigenvalue weighted by molar-refractivity contribution is 0.0690. The molecule has 140 valence electrons. The predicted molar refractivity (Wildman–Crippen MR) is 103 cm³/mol. The maximum Gasteiger partial charge on any atom is 0.257 e. The van der Waals surface area contributed by atoms with E-state index in [1.54, 1.807) is 17.8 Å². The van der Waals surface area contributed by atoms with E-state index in [0.717, 1.165) is 42.9 Å². The number of hydrogen-bond donors (Lipinski definition) is 0. The monoisotopic (exact) mass is 364 g/mol. The maximum absolute atomic E-state index is 13.1. The number of ether oxygens (including phenoxy) is 1. The van der Waals surface area contributed by atoms with Gasteiger partial charge in [-0.05, 0) is 18.8 Å². The molecule has 0 N–H and O–H groups in total. The molecule has 2 aromatic heterocycles. The van der Waals surface area contributed by atoms with Crippen LogP contribution in [-0.4, -0.2) is 45.6 Å². The molecule has 0 radical (unpaired) electrons. The molecule has 0 atom stereocenters. The second kappa shape index (κ2) is 7.48. The van der Waals surface area contributed by atoms with Crippen molar-refractivity contribution in [3.05, 3.63) is 53.9 Å². The molecule has 1 aliphatic rings. The summed E-state index contributed by atoms with van der Waals surface area (Å²) < 4.78 is 7.13. The van der Waals surface area contributed by atoms with E-state index in [0.29, 0.717) is 23.7 Å². The van der Waals surface area contributed by atoms with Gasteiger partial charge in [0.05, 0.1) is 23.6 Å². The van der Waals surface area contributed by atoms with Gasteiger partial charge in [0.2, 0.25) is 0 Å². The summed E-state index contributed by atoms with van der Waals surface area (Å²) in [4.78, 5) is 19.5. The SMILES string of the molecule is COCc1c(C(=O)N2CCC(C)CC2)cnc2cc(-c3ccccc3)nn12. The van der Waals surface area contributed by atoms with Crippen LogP contribution in [0.4, 0.5) is 0 Å². The predicted octanol–water partition coefficient (Wildman–Crippen LogP) is 3.41. The second-order valence-corrected chi connectivity index (χ2v) is 7.19. The lowest BCUT2D eigenvalue weighted by Crippen LogP contribution is -2.38. The molecule has 3 heterocycles. The Morgan fingerprint density at radius 3 is 2.67 bits per heavy atom. The largest absolute Gasteiger partial charge is 0.378 e. The van der Waals surface area contributed by atoms with Crippen LogP contribution in [0, 0.1) is 5.92 Å². The van der Waals surface area contributed by atoms with Crippen LogP contribution in [0.5, 0.6) is 0 Å². The minimum atomic E-state index is 0.0140. The molecule has 0 saturated carbocycles. The normalized spacial score (nSPS) is 15.4. The van der Waals surface area contributed by atoms with Crippen LogP contribution in [0.25, 0.3) is 16.9 Å². The molecule has 6 heteroatoms. The standard InChI is InChI=1S/C21H24N4O2/c1-15-8-10-24(11-9-15)21(26)17-13-22-20-12-18(16-6-4-3-5-7-16)23-25(20)19(17)14-27-2/h3-7,12-13,15H,8-11,14H2,1-2H3. The Bertz CT molecular complexity index is 943. The van der Waals surface area contributed by atoms with E-state index < -0.39 is 0 Å². The minimum Gasteiger partial charge on any atom is -0.378 e. The number of hydrogen-bond acceptors (Lipinski definition) is 4. The summed E-state index contributed by atoms with van der Waals surface area (Å²) in [6, 6.07) is 11.9. The quantitative estimate of drug-likeness (QED) is 0.712. The van der Waals surface area contributed by atoms with E-state index in [1.165, 1.54) is 0 Å². The fourth-order valence-electron chi connectivity index (χ4n) is 3.57. The van der Waals surface area contributed by atoms with Crippen molar-refractivity contribution < 1.29 is 9.53 Å². The lowest BCUT2D eigenvalue weighted by Gasteiger charge is -2.30. The maximum atomic E-state index is 13.1. The molecule has 1 fully saturated rings. The van der Waals surface area contributed by atoms with Crippen molar-refractivity contribution in [3.8, 4) is 11.3 Å². The summed E-state index contributed by atoms with van der Waals surface area (Å²) >= 11 is 0. The third-order valence-corrected chi connectivity index (χ3v) is 5.23. The average molecular weight is 364 g/mol. The van der Waals surface area contributed by atoms with Crippen LogP contribution in [0.15, 0.2) is 42.6 Å². The van der Waals surface area contributed by atoms with E-state index in [4.69, 9.17) is 9.84 Å². The molecule has 0 aliphatic carbocycles. The van der Waals surface area contributed by atoms with E-state index in [-0.39, 0.29) is 5.91 Å². The van der Waals surface area contributed by atoms with Gasteiger partial charge in [-0.25, -0.2) is 9.50 Å². The van der Waals surface area contributed by atoms with E-state index in [9.17, 15) is 4.79 Å². The molecular formula is C21H24N4O2. The minimum absolute atomic E-state index is 0.0140. The van der Waals surface area contributed by atoms with Crippen LogP contribution in [0.2, 0.25) is 0 Å². The van der Waals surface area contributed by atoms with Crippen LogP contribution in [0.1, 0.15) is 35.8 Å². The lowest BCUT2D eigenvalue weighted by atomic mass is 9.98. The van der Waals surface area contributed by atoms with E-state index in [1.807, 2.05) is 41.3 Å². The molecule has 6 nitrogen and oxygen atoms in total. The zero-order valence-electron chi connectivity index (χ0n) is 15.8. The number of nitrogens with zero attached hydrogens (tertiary/aromatic N) is 4. The van der Waals surface area contributed by atoms with Gasteiger partial charge in [0.15, 0.2) is 5.65 Å².